The fourth-order valence-electron chi connectivity index (χ4n) is 1.28. The predicted octanol–water partition coefficient (Wildman–Crippen LogP) is -0.270. The van der Waals surface area contributed by atoms with Crippen LogP contribution in [0.2, 0.25) is 0 Å². The Balaban J connectivity index is 5.71. The quantitative estimate of drug-likeness (QED) is 0.406. The fourth-order valence-corrected chi connectivity index (χ4v) is 1.28. The maximum absolute atomic E-state index is 11.2. The lowest BCUT2D eigenvalue weighted by atomic mass is 10.1. The Morgan fingerprint density at radius 2 is 1.12 bits per heavy atom. The number of Topliss-reactive ketones (excluding diaryl/α,β-unsaturated/α-hetero) is 2. The lowest BCUT2D eigenvalue weighted by molar-refractivity contribution is -0.139. The van der Waals surface area contributed by atoms with E-state index in [0.717, 1.165) is 27.7 Å². The number of ketones is 2. The van der Waals surface area contributed by atoms with Gasteiger partial charge in [0, 0.05) is 13.8 Å². The molecule has 0 aliphatic rings. The lowest BCUT2D eigenvalue weighted by Crippen LogP contribution is -2.38. The average Bonchev–Trinajstić information content (AvgIpc) is 1.99. The Kier molecular flexibility index (Phi) is 4.56. The highest BCUT2D eigenvalue weighted by molar-refractivity contribution is 6.19. The summed E-state index contributed by atoms with van der Waals surface area (Å²) < 4.78 is 0. The molecule has 0 rings (SSSR count). The molecule has 0 spiro atoms. The molecule has 0 atom stereocenters. The van der Waals surface area contributed by atoms with Gasteiger partial charge in [0.1, 0.15) is 11.4 Å². The SMILES string of the molecule is CC(=O)C(C(C)=O)=C(N)N(C(C)=O)C(C)=O. The van der Waals surface area contributed by atoms with E-state index in [-0.39, 0.29) is 5.57 Å². The summed E-state index contributed by atoms with van der Waals surface area (Å²) >= 11 is 0. The topological polar surface area (TPSA) is 97.5 Å². The van der Waals surface area contributed by atoms with Crippen LogP contribution in [0.25, 0.3) is 0 Å². The van der Waals surface area contributed by atoms with Crippen molar-refractivity contribution in [3.63, 3.8) is 0 Å². The second-order valence-electron chi connectivity index (χ2n) is 3.25. The van der Waals surface area contributed by atoms with Gasteiger partial charge in [-0.25, -0.2) is 4.90 Å². The van der Waals surface area contributed by atoms with Gasteiger partial charge >= 0.3 is 0 Å². The molecule has 0 saturated carbocycles. The first-order valence-electron chi connectivity index (χ1n) is 4.53. The van der Waals surface area contributed by atoms with Crippen LogP contribution in [0, 0.1) is 0 Å². The molecule has 6 heteroatoms. The van der Waals surface area contributed by atoms with Crippen LogP contribution in [0.5, 0.6) is 0 Å². The van der Waals surface area contributed by atoms with E-state index in [1.165, 1.54) is 0 Å². The summed E-state index contributed by atoms with van der Waals surface area (Å²) in [5, 5.41) is 0. The Hall–Kier alpha value is -1.98. The maximum atomic E-state index is 11.2. The first kappa shape index (κ1) is 14.0. The molecule has 0 fully saturated rings. The number of nitrogens with zero attached hydrogens (tertiary/aromatic N) is 1. The molecule has 2 N–H and O–H groups in total. The number of imide groups is 1. The smallest absolute Gasteiger partial charge is 0.231 e. The Bertz CT molecular complexity index is 366. The van der Waals surface area contributed by atoms with E-state index in [1.807, 2.05) is 0 Å². The molecule has 2 amide bonds. The highest BCUT2D eigenvalue weighted by Crippen LogP contribution is 2.09. The van der Waals surface area contributed by atoms with Gasteiger partial charge in [0.2, 0.25) is 11.8 Å². The zero-order valence-corrected chi connectivity index (χ0v) is 9.66. The Labute approximate surface area is 93.1 Å². The summed E-state index contributed by atoms with van der Waals surface area (Å²) in [6, 6.07) is 0. The monoisotopic (exact) mass is 226 g/mol. The first-order chi connectivity index (χ1) is 7.20. The average molecular weight is 226 g/mol. The van der Waals surface area contributed by atoms with Gasteiger partial charge < -0.3 is 5.73 Å². The maximum Gasteiger partial charge on any atom is 0.231 e. The second kappa shape index (κ2) is 5.20. The molecule has 88 valence electrons. The van der Waals surface area contributed by atoms with Gasteiger partial charge in [-0.05, 0) is 13.8 Å². The molecule has 0 unspecified atom stereocenters. The summed E-state index contributed by atoms with van der Waals surface area (Å²) in [6.07, 6.45) is 0. The predicted molar refractivity (Wildman–Crippen MR) is 55.8 cm³/mol. The molecule has 0 aromatic rings. The Morgan fingerprint density at radius 1 is 0.812 bits per heavy atom. The van der Waals surface area contributed by atoms with Gasteiger partial charge in [0.25, 0.3) is 0 Å². The lowest BCUT2D eigenvalue weighted by Gasteiger charge is -2.19. The highest BCUT2D eigenvalue weighted by Gasteiger charge is 2.24. The van der Waals surface area contributed by atoms with E-state index in [1.54, 1.807) is 0 Å². The Morgan fingerprint density at radius 3 is 1.31 bits per heavy atom. The third kappa shape index (κ3) is 3.01. The molecular formula is C10H14N2O4. The van der Waals surface area contributed by atoms with Gasteiger partial charge in [-0.2, -0.15) is 0 Å². The summed E-state index contributed by atoms with van der Waals surface area (Å²) in [6.45, 7) is 4.52. The summed E-state index contributed by atoms with van der Waals surface area (Å²) in [4.78, 5) is 45.2. The van der Waals surface area contributed by atoms with Crippen molar-refractivity contribution < 1.29 is 19.2 Å². The highest BCUT2D eigenvalue weighted by atomic mass is 16.2. The molecule has 6 nitrogen and oxygen atoms in total. The molecule has 0 heterocycles. The van der Waals surface area contributed by atoms with E-state index >= 15 is 0 Å². The fraction of sp³-hybridized carbons (Fsp3) is 0.400. The summed E-state index contributed by atoms with van der Waals surface area (Å²) in [7, 11) is 0. The molecule has 0 saturated heterocycles. The van der Waals surface area contributed by atoms with Crippen molar-refractivity contribution in [2.24, 2.45) is 5.73 Å². The van der Waals surface area contributed by atoms with E-state index in [0.29, 0.717) is 4.90 Å². The summed E-state index contributed by atoms with van der Waals surface area (Å²) in [5.41, 5.74) is 5.15. The molecule has 0 aliphatic heterocycles. The van der Waals surface area contributed by atoms with Crippen LogP contribution in [0.4, 0.5) is 0 Å². The first-order valence-corrected chi connectivity index (χ1v) is 4.53. The molecule has 0 aliphatic carbocycles. The third-order valence-electron chi connectivity index (χ3n) is 1.83. The molecule has 0 aromatic heterocycles. The minimum Gasteiger partial charge on any atom is -0.384 e. The van der Waals surface area contributed by atoms with Crippen LogP contribution in [-0.2, 0) is 19.2 Å². The summed E-state index contributed by atoms with van der Waals surface area (Å²) in [5.74, 6) is -2.88. The van der Waals surface area contributed by atoms with Crippen LogP contribution in [-0.4, -0.2) is 28.3 Å². The minimum absolute atomic E-state index is 0.342. The number of amides is 2. The van der Waals surface area contributed by atoms with Crippen molar-refractivity contribution in [1.82, 2.24) is 4.90 Å². The molecule has 0 bridgehead atoms. The number of nitrogens with two attached hydrogens (primary N) is 1. The van der Waals surface area contributed by atoms with Gasteiger partial charge in [0.05, 0.1) is 0 Å². The van der Waals surface area contributed by atoms with Crippen molar-refractivity contribution in [1.29, 1.82) is 0 Å². The minimum atomic E-state index is -0.648. The molecular weight excluding hydrogens is 212 g/mol. The normalized spacial score (nSPS) is 9.25. The van der Waals surface area contributed by atoms with Crippen LogP contribution in [0.1, 0.15) is 27.7 Å². The van der Waals surface area contributed by atoms with Crippen molar-refractivity contribution >= 4 is 23.4 Å². The number of carbonyl (C=O) groups excluding carboxylic acids is 4. The van der Waals surface area contributed by atoms with E-state index in [9.17, 15) is 19.2 Å². The van der Waals surface area contributed by atoms with Crippen molar-refractivity contribution in [3.05, 3.63) is 11.4 Å². The number of allylic oxidation sites excluding steroid dienone is 1. The second-order valence-corrected chi connectivity index (χ2v) is 3.25. The van der Waals surface area contributed by atoms with Gasteiger partial charge in [-0.1, -0.05) is 0 Å². The van der Waals surface area contributed by atoms with E-state index < -0.39 is 29.2 Å². The van der Waals surface area contributed by atoms with Gasteiger partial charge in [-0.15, -0.1) is 0 Å². The van der Waals surface area contributed by atoms with E-state index in [4.69, 9.17) is 5.73 Å². The van der Waals surface area contributed by atoms with Crippen molar-refractivity contribution in [3.8, 4) is 0 Å². The largest absolute Gasteiger partial charge is 0.384 e. The van der Waals surface area contributed by atoms with Crippen LogP contribution >= 0.6 is 0 Å². The van der Waals surface area contributed by atoms with Crippen molar-refractivity contribution in [2.45, 2.75) is 27.7 Å². The zero-order valence-electron chi connectivity index (χ0n) is 9.66. The number of carbonyl (C=O) groups is 4. The number of hydrogen-bond acceptors (Lipinski definition) is 5. The standard InChI is InChI=1S/C10H14N2O4/c1-5(13)9(6(2)14)10(11)12(7(3)15)8(4)16/h11H2,1-4H3. The van der Waals surface area contributed by atoms with E-state index in [2.05, 4.69) is 0 Å². The zero-order chi connectivity index (χ0) is 13.0. The third-order valence-corrected chi connectivity index (χ3v) is 1.83. The van der Waals surface area contributed by atoms with Crippen molar-refractivity contribution in [2.75, 3.05) is 0 Å². The van der Waals surface area contributed by atoms with Gasteiger partial charge in [-0.3, -0.25) is 19.2 Å². The van der Waals surface area contributed by atoms with Crippen LogP contribution in [0.3, 0.4) is 0 Å². The number of hydrogen-bond donors (Lipinski definition) is 1. The molecule has 0 aromatic carbocycles. The molecule has 16 heavy (non-hydrogen) atoms. The number of rotatable bonds is 3. The molecule has 0 radical (unpaired) electrons. The van der Waals surface area contributed by atoms with Crippen LogP contribution in [0.15, 0.2) is 11.4 Å². The van der Waals surface area contributed by atoms with Gasteiger partial charge in [0.15, 0.2) is 11.6 Å². The van der Waals surface area contributed by atoms with Crippen LogP contribution < -0.4 is 5.73 Å².